The van der Waals surface area contributed by atoms with E-state index >= 15 is 0 Å². The highest BCUT2D eigenvalue weighted by Crippen LogP contribution is 2.35. The number of anilines is 1. The van der Waals surface area contributed by atoms with Gasteiger partial charge in [-0.2, -0.15) is 0 Å². The summed E-state index contributed by atoms with van der Waals surface area (Å²) in [5.74, 6) is 3.43. The fourth-order valence-corrected chi connectivity index (χ4v) is 3.83. The summed E-state index contributed by atoms with van der Waals surface area (Å²) in [5.41, 5.74) is 3.48. The van der Waals surface area contributed by atoms with Crippen LogP contribution < -0.4 is 10.1 Å². The molecule has 132 valence electrons. The van der Waals surface area contributed by atoms with Crippen LogP contribution in [0.1, 0.15) is 58.1 Å². The van der Waals surface area contributed by atoms with Crippen molar-refractivity contribution in [3.63, 3.8) is 0 Å². The molecule has 0 saturated carbocycles. The minimum Gasteiger partial charge on any atom is -0.493 e. The first-order chi connectivity index (χ1) is 11.4. The Kier molecular flexibility index (Phi) is 5.17. The number of fused-ring (bicyclic) bond motifs is 2. The Hall–Kier alpha value is -1.51. The topological polar surface area (TPSA) is 38.3 Å². The van der Waals surface area contributed by atoms with Crippen molar-refractivity contribution in [1.82, 2.24) is 0 Å². The number of ether oxygens (including phenoxy) is 1. The maximum atomic E-state index is 12.3. The van der Waals surface area contributed by atoms with Crippen LogP contribution in [0.3, 0.4) is 0 Å². The second-order valence-corrected chi connectivity index (χ2v) is 8.22. The normalized spacial score (nSPS) is 27.7. The van der Waals surface area contributed by atoms with Gasteiger partial charge in [0.1, 0.15) is 5.75 Å². The Morgan fingerprint density at radius 2 is 1.83 bits per heavy atom. The van der Waals surface area contributed by atoms with Gasteiger partial charge in [0.15, 0.2) is 0 Å². The number of aryl methyl sites for hydroxylation is 2. The molecule has 2 aliphatic heterocycles. The second kappa shape index (κ2) is 7.16. The standard InChI is InChI=1S/C21H31NO2/c1-13(2)18-8-7-17-10-19-16(11-20(17)24-12-18)6-5-14(3)15(4)9-21(23)22-19/h10-11,13-15,18H,5-9,12H2,1-4H3,(H,22,23). The Labute approximate surface area is 146 Å². The highest BCUT2D eigenvalue weighted by atomic mass is 16.5. The van der Waals surface area contributed by atoms with Gasteiger partial charge in [0.2, 0.25) is 5.91 Å². The van der Waals surface area contributed by atoms with Gasteiger partial charge >= 0.3 is 0 Å². The summed E-state index contributed by atoms with van der Waals surface area (Å²) < 4.78 is 6.15. The van der Waals surface area contributed by atoms with E-state index < -0.39 is 0 Å². The van der Waals surface area contributed by atoms with Gasteiger partial charge in [0.05, 0.1) is 6.61 Å². The molecule has 2 heterocycles. The summed E-state index contributed by atoms with van der Waals surface area (Å²) in [6.07, 6.45) is 4.94. The van der Waals surface area contributed by atoms with E-state index in [1.54, 1.807) is 0 Å². The third-order valence-electron chi connectivity index (χ3n) is 6.09. The smallest absolute Gasteiger partial charge is 0.224 e. The fourth-order valence-electron chi connectivity index (χ4n) is 3.83. The molecule has 24 heavy (non-hydrogen) atoms. The molecule has 1 amide bonds. The average Bonchev–Trinajstić information content (AvgIpc) is 2.71. The van der Waals surface area contributed by atoms with E-state index in [-0.39, 0.29) is 5.91 Å². The van der Waals surface area contributed by atoms with E-state index in [1.807, 2.05) is 0 Å². The van der Waals surface area contributed by atoms with Crippen molar-refractivity contribution in [1.29, 1.82) is 0 Å². The summed E-state index contributed by atoms with van der Waals surface area (Å²) in [6.45, 7) is 9.80. The highest BCUT2D eigenvalue weighted by molar-refractivity contribution is 5.92. The number of hydrogen-bond donors (Lipinski definition) is 1. The van der Waals surface area contributed by atoms with Crippen molar-refractivity contribution in [3.05, 3.63) is 23.3 Å². The predicted octanol–water partition coefficient (Wildman–Crippen LogP) is 4.83. The molecule has 2 aliphatic rings. The number of hydrogen-bond acceptors (Lipinski definition) is 2. The third kappa shape index (κ3) is 3.76. The average molecular weight is 329 g/mol. The number of carbonyl (C=O) groups excluding carboxylic acids is 1. The molecular formula is C21H31NO2. The van der Waals surface area contributed by atoms with Crippen LogP contribution in [0, 0.1) is 23.7 Å². The SMILES string of the molecule is CC(C)C1CCc2cc3c(cc2OC1)CCC(C)C(C)CC(=O)N3. The van der Waals surface area contributed by atoms with Gasteiger partial charge in [-0.15, -0.1) is 0 Å². The van der Waals surface area contributed by atoms with Gasteiger partial charge in [-0.3, -0.25) is 4.79 Å². The molecule has 0 fully saturated rings. The summed E-state index contributed by atoms with van der Waals surface area (Å²) in [4.78, 5) is 12.3. The Balaban J connectivity index is 1.88. The molecule has 3 heteroatoms. The lowest BCUT2D eigenvalue weighted by Gasteiger charge is -2.18. The number of amides is 1. The quantitative estimate of drug-likeness (QED) is 0.801. The number of nitrogens with one attached hydrogen (secondary N) is 1. The van der Waals surface area contributed by atoms with E-state index in [4.69, 9.17) is 4.74 Å². The molecule has 0 aromatic heterocycles. The number of benzene rings is 1. The molecule has 0 saturated heterocycles. The Morgan fingerprint density at radius 1 is 1.08 bits per heavy atom. The summed E-state index contributed by atoms with van der Waals surface area (Å²) in [7, 11) is 0. The molecule has 1 aromatic rings. The zero-order valence-electron chi connectivity index (χ0n) is 15.5. The van der Waals surface area contributed by atoms with Crippen LogP contribution in [0.25, 0.3) is 0 Å². The van der Waals surface area contributed by atoms with Crippen LogP contribution in [0.4, 0.5) is 5.69 Å². The molecule has 0 spiro atoms. The molecule has 0 aliphatic carbocycles. The molecule has 1 aromatic carbocycles. The van der Waals surface area contributed by atoms with Gasteiger partial charge in [-0.25, -0.2) is 0 Å². The van der Waals surface area contributed by atoms with Gasteiger partial charge in [-0.05, 0) is 72.6 Å². The lowest BCUT2D eigenvalue weighted by molar-refractivity contribution is -0.117. The van der Waals surface area contributed by atoms with Crippen LogP contribution >= 0.6 is 0 Å². The van der Waals surface area contributed by atoms with Gasteiger partial charge < -0.3 is 10.1 Å². The summed E-state index contributed by atoms with van der Waals surface area (Å²) in [6, 6.07) is 4.36. The molecule has 3 nitrogen and oxygen atoms in total. The zero-order valence-corrected chi connectivity index (χ0v) is 15.5. The second-order valence-electron chi connectivity index (χ2n) is 8.22. The number of carbonyl (C=O) groups is 1. The van der Waals surface area contributed by atoms with E-state index in [9.17, 15) is 4.79 Å². The van der Waals surface area contributed by atoms with Gasteiger partial charge in [-0.1, -0.05) is 27.7 Å². The van der Waals surface area contributed by atoms with Crippen molar-refractivity contribution in [2.24, 2.45) is 23.7 Å². The largest absolute Gasteiger partial charge is 0.493 e. The van der Waals surface area contributed by atoms with Gasteiger partial charge in [0.25, 0.3) is 0 Å². The molecular weight excluding hydrogens is 298 g/mol. The molecule has 3 rings (SSSR count). The van der Waals surface area contributed by atoms with E-state index in [0.717, 1.165) is 43.7 Å². The molecule has 3 unspecified atom stereocenters. The maximum Gasteiger partial charge on any atom is 0.224 e. The van der Waals surface area contributed by atoms with Crippen LogP contribution in [-0.2, 0) is 17.6 Å². The fraction of sp³-hybridized carbons (Fsp3) is 0.667. The minimum atomic E-state index is 0.145. The Morgan fingerprint density at radius 3 is 2.58 bits per heavy atom. The van der Waals surface area contributed by atoms with Crippen molar-refractivity contribution in [3.8, 4) is 5.75 Å². The van der Waals surface area contributed by atoms with E-state index in [0.29, 0.717) is 30.1 Å². The molecule has 1 N–H and O–H groups in total. The van der Waals surface area contributed by atoms with Crippen LogP contribution in [0.2, 0.25) is 0 Å². The summed E-state index contributed by atoms with van der Waals surface area (Å²) >= 11 is 0. The van der Waals surface area contributed by atoms with Crippen LogP contribution in [-0.4, -0.2) is 12.5 Å². The predicted molar refractivity (Wildman–Crippen MR) is 98.5 cm³/mol. The van der Waals surface area contributed by atoms with Crippen LogP contribution in [0.5, 0.6) is 5.75 Å². The van der Waals surface area contributed by atoms with Crippen LogP contribution in [0.15, 0.2) is 12.1 Å². The zero-order chi connectivity index (χ0) is 17.3. The molecule has 3 atom stereocenters. The summed E-state index contributed by atoms with van der Waals surface area (Å²) in [5, 5.41) is 3.16. The Bertz CT molecular complexity index is 608. The van der Waals surface area contributed by atoms with E-state index in [2.05, 4.69) is 45.1 Å². The number of rotatable bonds is 1. The van der Waals surface area contributed by atoms with Crippen molar-refractivity contribution >= 4 is 11.6 Å². The van der Waals surface area contributed by atoms with E-state index in [1.165, 1.54) is 11.1 Å². The lowest BCUT2D eigenvalue weighted by Crippen LogP contribution is -2.18. The highest BCUT2D eigenvalue weighted by Gasteiger charge is 2.24. The lowest BCUT2D eigenvalue weighted by atomic mass is 9.88. The first kappa shape index (κ1) is 17.3. The first-order valence-electron chi connectivity index (χ1n) is 9.52. The van der Waals surface area contributed by atoms with Crippen molar-refractivity contribution < 1.29 is 9.53 Å². The maximum absolute atomic E-state index is 12.3. The van der Waals surface area contributed by atoms with Crippen molar-refractivity contribution in [2.75, 3.05) is 11.9 Å². The first-order valence-corrected chi connectivity index (χ1v) is 9.52. The monoisotopic (exact) mass is 329 g/mol. The van der Waals surface area contributed by atoms with Crippen molar-refractivity contribution in [2.45, 2.75) is 59.8 Å². The third-order valence-corrected chi connectivity index (χ3v) is 6.09. The minimum absolute atomic E-state index is 0.145. The molecule has 0 radical (unpaired) electrons. The van der Waals surface area contributed by atoms with Gasteiger partial charge in [0, 0.05) is 12.1 Å². The molecule has 0 bridgehead atoms.